The van der Waals surface area contributed by atoms with E-state index in [0.29, 0.717) is 12.5 Å². The van der Waals surface area contributed by atoms with E-state index in [9.17, 15) is 0 Å². The highest BCUT2D eigenvalue weighted by Crippen LogP contribution is 2.02. The van der Waals surface area contributed by atoms with E-state index in [0.717, 1.165) is 0 Å². The Hall–Kier alpha value is -1.10. The second kappa shape index (κ2) is 3.17. The molecule has 0 atom stereocenters. The molecule has 0 radical (unpaired) electrons. The minimum atomic E-state index is 0.250. The first-order valence-corrected chi connectivity index (χ1v) is 3.02. The summed E-state index contributed by atoms with van der Waals surface area (Å²) in [5.74, 6) is 0.392. The smallest absolute Gasteiger partial charge is 0.354 e. The summed E-state index contributed by atoms with van der Waals surface area (Å²) in [6.07, 6.45) is 0. The van der Waals surface area contributed by atoms with Crippen LogP contribution in [0.5, 0.6) is 6.01 Å². The molecule has 0 fully saturated rings. The van der Waals surface area contributed by atoms with Gasteiger partial charge in [-0.05, 0) is 12.1 Å². The van der Waals surface area contributed by atoms with Crippen LogP contribution in [0.3, 0.4) is 0 Å². The molecule has 0 bridgehead atoms. The zero-order valence-electron chi connectivity index (χ0n) is 5.70. The lowest BCUT2D eigenvalue weighted by Crippen LogP contribution is -1.97. The van der Waals surface area contributed by atoms with Crippen molar-refractivity contribution in [2.24, 2.45) is 5.73 Å². The van der Waals surface area contributed by atoms with Crippen LogP contribution in [0.25, 0.3) is 0 Å². The lowest BCUT2D eigenvalue weighted by atomic mass is 10.7. The minimum absolute atomic E-state index is 0.250. The van der Waals surface area contributed by atoms with Crippen LogP contribution in [0.15, 0.2) is 4.52 Å². The molecule has 0 aliphatic carbocycles. The molecule has 5 nitrogen and oxygen atoms in total. The lowest BCUT2D eigenvalue weighted by Gasteiger charge is -1.89. The van der Waals surface area contributed by atoms with Gasteiger partial charge in [-0.1, -0.05) is 0 Å². The largest absolute Gasteiger partial charge is 0.462 e. The average Bonchev–Trinajstić information content (AvgIpc) is 2.37. The molecule has 2 N–H and O–H groups in total. The Balaban J connectivity index is 2.59. The molecule has 0 saturated heterocycles. The van der Waals surface area contributed by atoms with E-state index in [1.165, 1.54) is 0 Å². The zero-order valence-corrected chi connectivity index (χ0v) is 5.70. The third kappa shape index (κ3) is 1.44. The van der Waals surface area contributed by atoms with Gasteiger partial charge >= 0.3 is 6.01 Å². The molecule has 10 heavy (non-hydrogen) atoms. The van der Waals surface area contributed by atoms with Gasteiger partial charge < -0.3 is 15.0 Å². The molecule has 0 aliphatic heterocycles. The summed E-state index contributed by atoms with van der Waals surface area (Å²) >= 11 is 0. The number of hydrogen-bond acceptors (Lipinski definition) is 5. The fraction of sp³-hybridized carbons (Fsp3) is 0.600. The van der Waals surface area contributed by atoms with Gasteiger partial charge in [0.1, 0.15) is 0 Å². The van der Waals surface area contributed by atoms with Crippen LogP contribution < -0.4 is 10.5 Å². The first-order chi connectivity index (χ1) is 4.86. The lowest BCUT2D eigenvalue weighted by molar-refractivity contribution is 0.286. The minimum Gasteiger partial charge on any atom is -0.462 e. The molecular formula is C5H9N3O2. The maximum atomic E-state index is 5.21. The normalized spacial score (nSPS) is 9.80. The molecule has 0 aromatic carbocycles. The Morgan fingerprint density at radius 1 is 1.70 bits per heavy atom. The van der Waals surface area contributed by atoms with Gasteiger partial charge in [-0.25, -0.2) is 0 Å². The van der Waals surface area contributed by atoms with Crippen LogP contribution in [-0.2, 0) is 6.54 Å². The van der Waals surface area contributed by atoms with Gasteiger partial charge in [0.2, 0.25) is 5.89 Å². The van der Waals surface area contributed by atoms with Crippen molar-refractivity contribution in [1.82, 2.24) is 10.1 Å². The SMILES string of the molecule is CCOc1noc(CN)n1. The van der Waals surface area contributed by atoms with Crippen molar-refractivity contribution < 1.29 is 9.26 Å². The quantitative estimate of drug-likeness (QED) is 0.640. The summed E-state index contributed by atoms with van der Waals surface area (Å²) in [7, 11) is 0. The van der Waals surface area contributed by atoms with Crippen molar-refractivity contribution in [1.29, 1.82) is 0 Å². The maximum Gasteiger partial charge on any atom is 0.354 e. The Bertz CT molecular complexity index is 199. The van der Waals surface area contributed by atoms with Crippen molar-refractivity contribution in [3.05, 3.63) is 5.89 Å². The first-order valence-electron chi connectivity index (χ1n) is 3.02. The van der Waals surface area contributed by atoms with Gasteiger partial charge in [0, 0.05) is 0 Å². The topological polar surface area (TPSA) is 74.2 Å². The van der Waals surface area contributed by atoms with Crippen LogP contribution in [0, 0.1) is 0 Å². The van der Waals surface area contributed by atoms with Crippen LogP contribution in [0.4, 0.5) is 0 Å². The van der Waals surface area contributed by atoms with E-state index in [2.05, 4.69) is 14.7 Å². The van der Waals surface area contributed by atoms with Gasteiger partial charge in [0.05, 0.1) is 13.2 Å². The van der Waals surface area contributed by atoms with Crippen LogP contribution in [-0.4, -0.2) is 16.7 Å². The molecule has 1 aromatic rings. The summed E-state index contributed by atoms with van der Waals surface area (Å²) in [6, 6.07) is 0.253. The number of rotatable bonds is 3. The number of nitrogens with zero attached hydrogens (tertiary/aromatic N) is 2. The summed E-state index contributed by atoms with van der Waals surface area (Å²) in [6.45, 7) is 2.63. The van der Waals surface area contributed by atoms with E-state index in [1.54, 1.807) is 0 Å². The number of nitrogens with two attached hydrogens (primary N) is 1. The predicted octanol–water partition coefficient (Wildman–Crippen LogP) is -0.0730. The Morgan fingerprint density at radius 3 is 3.00 bits per heavy atom. The van der Waals surface area contributed by atoms with Gasteiger partial charge in [-0.15, -0.1) is 0 Å². The highest BCUT2D eigenvalue weighted by atomic mass is 16.5. The van der Waals surface area contributed by atoms with E-state index < -0.39 is 0 Å². The number of ether oxygens (including phenoxy) is 1. The number of hydrogen-bond donors (Lipinski definition) is 1. The van der Waals surface area contributed by atoms with Gasteiger partial charge in [-0.3, -0.25) is 0 Å². The third-order valence-electron chi connectivity index (χ3n) is 0.898. The second-order valence-corrected chi connectivity index (χ2v) is 1.61. The molecule has 1 rings (SSSR count). The molecule has 5 heteroatoms. The average molecular weight is 143 g/mol. The molecule has 0 aliphatic rings. The van der Waals surface area contributed by atoms with Crippen molar-refractivity contribution in [2.75, 3.05) is 6.61 Å². The van der Waals surface area contributed by atoms with E-state index >= 15 is 0 Å². The number of aromatic nitrogens is 2. The fourth-order valence-electron chi connectivity index (χ4n) is 0.510. The van der Waals surface area contributed by atoms with Crippen molar-refractivity contribution >= 4 is 0 Å². The van der Waals surface area contributed by atoms with Crippen LogP contribution in [0.1, 0.15) is 12.8 Å². The van der Waals surface area contributed by atoms with Gasteiger partial charge in [-0.2, -0.15) is 4.98 Å². The molecule has 0 amide bonds. The highest BCUT2D eigenvalue weighted by Gasteiger charge is 2.02. The standard InChI is InChI=1S/C5H9N3O2/c1-2-9-5-7-4(3-6)10-8-5/h2-3,6H2,1H3. The highest BCUT2D eigenvalue weighted by molar-refractivity contribution is 4.89. The molecule has 56 valence electrons. The van der Waals surface area contributed by atoms with E-state index in [4.69, 9.17) is 10.5 Å². The molecule has 1 aromatic heterocycles. The van der Waals surface area contributed by atoms with Crippen molar-refractivity contribution in [3.8, 4) is 6.01 Å². The Morgan fingerprint density at radius 2 is 2.50 bits per heavy atom. The summed E-state index contributed by atoms with van der Waals surface area (Å²) in [5, 5.41) is 3.49. The Labute approximate surface area is 58.2 Å². The van der Waals surface area contributed by atoms with Crippen molar-refractivity contribution in [3.63, 3.8) is 0 Å². The van der Waals surface area contributed by atoms with E-state index in [1.807, 2.05) is 6.92 Å². The van der Waals surface area contributed by atoms with Crippen LogP contribution in [0.2, 0.25) is 0 Å². The second-order valence-electron chi connectivity index (χ2n) is 1.61. The monoisotopic (exact) mass is 143 g/mol. The molecular weight excluding hydrogens is 134 g/mol. The van der Waals surface area contributed by atoms with Gasteiger partial charge in [0.15, 0.2) is 0 Å². The van der Waals surface area contributed by atoms with Crippen LogP contribution >= 0.6 is 0 Å². The van der Waals surface area contributed by atoms with Gasteiger partial charge in [0.25, 0.3) is 0 Å². The molecule has 0 spiro atoms. The molecule has 1 heterocycles. The summed E-state index contributed by atoms with van der Waals surface area (Å²) in [5.41, 5.74) is 5.21. The molecule has 0 saturated carbocycles. The first kappa shape index (κ1) is 7.01. The summed E-state index contributed by atoms with van der Waals surface area (Å²) < 4.78 is 9.57. The maximum absolute atomic E-state index is 5.21. The molecule has 0 unspecified atom stereocenters. The summed E-state index contributed by atoms with van der Waals surface area (Å²) in [4.78, 5) is 3.79. The Kier molecular flexibility index (Phi) is 2.22. The van der Waals surface area contributed by atoms with E-state index in [-0.39, 0.29) is 12.6 Å². The zero-order chi connectivity index (χ0) is 7.40. The fourth-order valence-corrected chi connectivity index (χ4v) is 0.510. The third-order valence-corrected chi connectivity index (χ3v) is 0.898. The predicted molar refractivity (Wildman–Crippen MR) is 33.4 cm³/mol. The van der Waals surface area contributed by atoms with Crippen molar-refractivity contribution in [2.45, 2.75) is 13.5 Å².